The van der Waals surface area contributed by atoms with Crippen LogP contribution in [0.25, 0.3) is 11.1 Å². The SMILES string of the molecule is CC(C)(C)[Si](C)(C)OCC1CCN(c2ccc(-c3ccc(OCc4ccccc4)nc3OCc3ccccc3)cc2)CC1. The van der Waals surface area contributed by atoms with Crippen molar-refractivity contribution < 1.29 is 13.9 Å². The number of aromatic nitrogens is 1. The van der Waals surface area contributed by atoms with Crippen molar-refractivity contribution in [2.75, 3.05) is 24.6 Å². The molecule has 0 N–H and O–H groups in total. The van der Waals surface area contributed by atoms with E-state index in [0.29, 0.717) is 30.9 Å². The third-order valence-corrected chi connectivity index (χ3v) is 13.4. The molecule has 4 aromatic rings. The van der Waals surface area contributed by atoms with E-state index in [1.807, 2.05) is 54.6 Å². The van der Waals surface area contributed by atoms with Gasteiger partial charge >= 0.3 is 0 Å². The van der Waals surface area contributed by atoms with Crippen molar-refractivity contribution in [3.05, 3.63) is 108 Å². The van der Waals surface area contributed by atoms with E-state index in [2.05, 4.69) is 81.2 Å². The second-order valence-corrected chi connectivity index (χ2v) is 17.9. The molecule has 0 spiro atoms. The maximum Gasteiger partial charge on any atom is 0.225 e. The Labute approximate surface area is 259 Å². The lowest BCUT2D eigenvalue weighted by Crippen LogP contribution is -2.43. The van der Waals surface area contributed by atoms with Crippen LogP contribution in [0, 0.1) is 5.92 Å². The van der Waals surface area contributed by atoms with Crippen LogP contribution in [-0.2, 0) is 17.6 Å². The largest absolute Gasteiger partial charge is 0.473 e. The molecule has 3 aromatic carbocycles. The van der Waals surface area contributed by atoms with Crippen molar-refractivity contribution in [2.24, 2.45) is 5.92 Å². The molecule has 2 heterocycles. The minimum Gasteiger partial charge on any atom is -0.473 e. The van der Waals surface area contributed by atoms with Crippen LogP contribution in [0.4, 0.5) is 5.69 Å². The quantitative estimate of drug-likeness (QED) is 0.162. The molecule has 0 bridgehead atoms. The molecule has 6 heteroatoms. The van der Waals surface area contributed by atoms with E-state index in [9.17, 15) is 0 Å². The van der Waals surface area contributed by atoms with Gasteiger partial charge in [-0.25, -0.2) is 0 Å². The number of rotatable bonds is 11. The predicted octanol–water partition coefficient (Wildman–Crippen LogP) is 9.14. The Balaban J connectivity index is 1.25. The zero-order chi connectivity index (χ0) is 30.3. The van der Waals surface area contributed by atoms with Crippen LogP contribution in [0.15, 0.2) is 97.1 Å². The highest BCUT2D eigenvalue weighted by Gasteiger charge is 2.37. The summed E-state index contributed by atoms with van der Waals surface area (Å²) in [5.41, 5.74) is 5.49. The number of piperidine rings is 1. The third kappa shape index (κ3) is 8.27. The molecular weight excluding hydrogens is 549 g/mol. The normalized spacial score (nSPS) is 14.5. The van der Waals surface area contributed by atoms with Crippen LogP contribution in [0.3, 0.4) is 0 Å². The molecule has 1 aliphatic rings. The van der Waals surface area contributed by atoms with Crippen molar-refractivity contribution in [1.82, 2.24) is 4.98 Å². The molecule has 0 unspecified atom stereocenters. The molecule has 0 amide bonds. The highest BCUT2D eigenvalue weighted by molar-refractivity contribution is 6.74. The Kier molecular flexibility index (Phi) is 9.88. The second kappa shape index (κ2) is 13.8. The molecule has 1 fully saturated rings. The number of ether oxygens (including phenoxy) is 2. The van der Waals surface area contributed by atoms with Gasteiger partial charge in [0.2, 0.25) is 11.8 Å². The number of nitrogens with zero attached hydrogens (tertiary/aromatic N) is 2. The number of hydrogen-bond acceptors (Lipinski definition) is 5. The zero-order valence-corrected chi connectivity index (χ0v) is 27.4. The zero-order valence-electron chi connectivity index (χ0n) is 26.4. The first-order valence-electron chi connectivity index (χ1n) is 15.5. The molecule has 226 valence electrons. The third-order valence-electron chi connectivity index (χ3n) is 8.93. The number of pyridine rings is 1. The maximum absolute atomic E-state index is 6.54. The lowest BCUT2D eigenvalue weighted by molar-refractivity contribution is 0.205. The van der Waals surface area contributed by atoms with Gasteiger partial charge in [0.25, 0.3) is 0 Å². The predicted molar refractivity (Wildman–Crippen MR) is 179 cm³/mol. The average molecular weight is 595 g/mol. The Morgan fingerprint density at radius 1 is 0.744 bits per heavy atom. The summed E-state index contributed by atoms with van der Waals surface area (Å²) in [4.78, 5) is 7.28. The fourth-order valence-corrected chi connectivity index (χ4v) is 6.13. The van der Waals surface area contributed by atoms with Crippen LogP contribution in [0.2, 0.25) is 18.1 Å². The molecule has 5 nitrogen and oxygen atoms in total. The van der Waals surface area contributed by atoms with Gasteiger partial charge in [0.05, 0.1) is 0 Å². The van der Waals surface area contributed by atoms with E-state index in [1.165, 1.54) is 18.5 Å². The lowest BCUT2D eigenvalue weighted by atomic mass is 9.97. The summed E-state index contributed by atoms with van der Waals surface area (Å²) in [6.07, 6.45) is 2.34. The Hall–Kier alpha value is -3.61. The Morgan fingerprint density at radius 3 is 1.91 bits per heavy atom. The molecule has 1 aliphatic heterocycles. The molecule has 0 atom stereocenters. The molecule has 43 heavy (non-hydrogen) atoms. The van der Waals surface area contributed by atoms with Crippen molar-refractivity contribution in [1.29, 1.82) is 0 Å². The Bertz CT molecular complexity index is 1430. The number of hydrogen-bond donors (Lipinski definition) is 0. The standard InChI is InChI=1S/C37H46N2O3Si/c1-37(2,3)43(4,5)42-28-31-22-24-39(25-23-31)33-18-16-32(17-19-33)34-20-21-35(40-26-29-12-8-6-9-13-29)38-36(34)41-27-30-14-10-7-11-15-30/h6-21,31H,22-28H2,1-5H3. The number of benzene rings is 3. The van der Waals surface area contributed by atoms with Crippen molar-refractivity contribution in [2.45, 2.75) is 65.0 Å². The molecule has 1 aromatic heterocycles. The van der Waals surface area contributed by atoms with Gasteiger partial charge in [-0.2, -0.15) is 4.98 Å². The molecular formula is C37H46N2O3Si. The first kappa shape index (κ1) is 30.8. The summed E-state index contributed by atoms with van der Waals surface area (Å²) in [6, 6.07) is 33.1. The van der Waals surface area contributed by atoms with Gasteiger partial charge < -0.3 is 18.8 Å². The van der Waals surface area contributed by atoms with Crippen molar-refractivity contribution in [3.63, 3.8) is 0 Å². The monoisotopic (exact) mass is 594 g/mol. The summed E-state index contributed by atoms with van der Waals surface area (Å²) in [6.45, 7) is 15.6. The van der Waals surface area contributed by atoms with Gasteiger partial charge in [-0.1, -0.05) is 93.6 Å². The smallest absolute Gasteiger partial charge is 0.225 e. The lowest BCUT2D eigenvalue weighted by Gasteiger charge is -2.39. The van der Waals surface area contributed by atoms with E-state index >= 15 is 0 Å². The minimum absolute atomic E-state index is 0.257. The molecule has 0 aliphatic carbocycles. The molecule has 0 saturated carbocycles. The van der Waals surface area contributed by atoms with E-state index in [0.717, 1.165) is 42.0 Å². The summed E-state index contributed by atoms with van der Waals surface area (Å²) >= 11 is 0. The Morgan fingerprint density at radius 2 is 1.33 bits per heavy atom. The van der Waals surface area contributed by atoms with Gasteiger partial charge in [0.15, 0.2) is 8.32 Å². The van der Waals surface area contributed by atoms with Crippen molar-refractivity contribution >= 4 is 14.0 Å². The van der Waals surface area contributed by atoms with Crippen LogP contribution < -0.4 is 14.4 Å². The fourth-order valence-electron chi connectivity index (χ4n) is 5.04. The average Bonchev–Trinajstić information content (AvgIpc) is 3.03. The van der Waals surface area contributed by atoms with Crippen LogP contribution in [0.1, 0.15) is 44.7 Å². The van der Waals surface area contributed by atoms with E-state index in [-0.39, 0.29) is 5.04 Å². The first-order chi connectivity index (χ1) is 20.7. The van der Waals surface area contributed by atoms with Gasteiger partial charge in [-0.05, 0) is 71.8 Å². The fraction of sp³-hybridized carbons (Fsp3) is 0.378. The van der Waals surface area contributed by atoms with Gasteiger partial charge in [0.1, 0.15) is 13.2 Å². The van der Waals surface area contributed by atoms with E-state index < -0.39 is 8.32 Å². The maximum atomic E-state index is 6.54. The minimum atomic E-state index is -1.70. The molecule has 0 radical (unpaired) electrons. The van der Waals surface area contributed by atoms with Crippen LogP contribution in [-0.4, -0.2) is 33.0 Å². The topological polar surface area (TPSA) is 43.8 Å². The summed E-state index contributed by atoms with van der Waals surface area (Å²) in [5, 5.41) is 0.257. The highest BCUT2D eigenvalue weighted by atomic mass is 28.4. The summed E-state index contributed by atoms with van der Waals surface area (Å²) in [7, 11) is -1.70. The van der Waals surface area contributed by atoms with Gasteiger partial charge in [-0.3, -0.25) is 0 Å². The molecule has 5 rings (SSSR count). The van der Waals surface area contributed by atoms with Crippen LogP contribution in [0.5, 0.6) is 11.8 Å². The first-order valence-corrected chi connectivity index (χ1v) is 18.4. The highest BCUT2D eigenvalue weighted by Crippen LogP contribution is 2.38. The van der Waals surface area contributed by atoms with Gasteiger partial charge in [-0.15, -0.1) is 0 Å². The van der Waals surface area contributed by atoms with Gasteiger partial charge in [0, 0.05) is 37.0 Å². The van der Waals surface area contributed by atoms with E-state index in [4.69, 9.17) is 18.9 Å². The number of anilines is 1. The molecule has 1 saturated heterocycles. The van der Waals surface area contributed by atoms with Crippen LogP contribution >= 0.6 is 0 Å². The summed E-state index contributed by atoms with van der Waals surface area (Å²) < 4.78 is 18.9. The second-order valence-electron chi connectivity index (χ2n) is 13.1. The van der Waals surface area contributed by atoms with Crippen molar-refractivity contribution in [3.8, 4) is 22.9 Å². The van der Waals surface area contributed by atoms with E-state index in [1.54, 1.807) is 0 Å². The summed E-state index contributed by atoms with van der Waals surface area (Å²) in [5.74, 6) is 1.76.